The van der Waals surface area contributed by atoms with Gasteiger partial charge in [-0.2, -0.15) is 0 Å². The summed E-state index contributed by atoms with van der Waals surface area (Å²) >= 11 is 0. The van der Waals surface area contributed by atoms with Crippen molar-refractivity contribution in [3.05, 3.63) is 65.5 Å². The van der Waals surface area contributed by atoms with Crippen LogP contribution in [0, 0.1) is 12.7 Å². The van der Waals surface area contributed by atoms with Gasteiger partial charge in [0.1, 0.15) is 17.4 Å². The number of likely N-dealkylation sites (tertiary alicyclic amines) is 1. The molecule has 0 spiro atoms. The highest BCUT2D eigenvalue weighted by molar-refractivity contribution is 6.03. The molecule has 0 atom stereocenters. The summed E-state index contributed by atoms with van der Waals surface area (Å²) < 4.78 is 19.1. The number of anilines is 2. The van der Waals surface area contributed by atoms with Crippen LogP contribution in [0.4, 0.5) is 15.9 Å². The van der Waals surface area contributed by atoms with E-state index in [1.807, 2.05) is 18.2 Å². The molecule has 0 saturated carbocycles. The van der Waals surface area contributed by atoms with E-state index in [-0.39, 0.29) is 5.91 Å². The third-order valence-corrected chi connectivity index (χ3v) is 7.34. The maximum atomic E-state index is 14.1. The van der Waals surface area contributed by atoms with Gasteiger partial charge in [0.2, 0.25) is 5.91 Å². The fourth-order valence-corrected chi connectivity index (χ4v) is 5.30. The zero-order valence-corrected chi connectivity index (χ0v) is 21.0. The minimum absolute atomic E-state index is 0.321. The van der Waals surface area contributed by atoms with Gasteiger partial charge in [0.05, 0.1) is 12.6 Å². The molecule has 2 aliphatic heterocycles. The predicted octanol–water partition coefficient (Wildman–Crippen LogP) is 5.41. The fraction of sp³-hybridized carbons (Fsp3) is 0.379. The number of halogens is 1. The number of piperidine rings is 1. The lowest BCUT2D eigenvalue weighted by molar-refractivity contribution is -0.111. The number of fused-ring (bicyclic) bond motifs is 1. The number of rotatable bonds is 6. The minimum atomic E-state index is -0.443. The van der Waals surface area contributed by atoms with Crippen LogP contribution in [-0.4, -0.2) is 55.1 Å². The molecule has 1 aromatic heterocycles. The van der Waals surface area contributed by atoms with Crippen LogP contribution < -0.4 is 15.0 Å². The summed E-state index contributed by atoms with van der Waals surface area (Å²) in [6, 6.07) is 13.1. The van der Waals surface area contributed by atoms with E-state index in [1.54, 1.807) is 12.1 Å². The average Bonchev–Trinajstić information content (AvgIpc) is 3.43. The van der Waals surface area contributed by atoms with Gasteiger partial charge in [0.25, 0.3) is 0 Å². The standard InChI is InChI=1S/C29H33FN4O2/c1-20-17-28(34-15-11-23(12-16-34)33-13-3-4-14-33)32-27-9-7-22(18-25(20)27)31-29(35)10-6-21-5-8-24(36-2)19-26(21)30/h5-10,17-19,23H,3-4,11-16H2,1-2H3,(H,31,35). The molecule has 3 heterocycles. The summed E-state index contributed by atoms with van der Waals surface area (Å²) in [6.45, 7) is 6.67. The van der Waals surface area contributed by atoms with Crippen molar-refractivity contribution in [2.24, 2.45) is 0 Å². The second kappa shape index (κ2) is 10.7. The Morgan fingerprint density at radius 2 is 1.86 bits per heavy atom. The predicted molar refractivity (Wildman–Crippen MR) is 143 cm³/mol. The van der Waals surface area contributed by atoms with Gasteiger partial charge in [-0.1, -0.05) is 0 Å². The van der Waals surface area contributed by atoms with Crippen LogP contribution >= 0.6 is 0 Å². The van der Waals surface area contributed by atoms with Gasteiger partial charge in [-0.15, -0.1) is 0 Å². The molecule has 1 amide bonds. The first-order valence-corrected chi connectivity index (χ1v) is 12.7. The Morgan fingerprint density at radius 3 is 2.58 bits per heavy atom. The van der Waals surface area contributed by atoms with Crippen LogP contribution in [-0.2, 0) is 4.79 Å². The summed E-state index contributed by atoms with van der Waals surface area (Å²) in [5.74, 6) is 0.694. The Balaban J connectivity index is 1.25. The van der Waals surface area contributed by atoms with Gasteiger partial charge in [-0.3, -0.25) is 4.79 Å². The van der Waals surface area contributed by atoms with Crippen molar-refractivity contribution in [2.75, 3.05) is 43.5 Å². The zero-order chi connectivity index (χ0) is 25.1. The molecule has 0 bridgehead atoms. The van der Waals surface area contributed by atoms with Gasteiger partial charge in [0, 0.05) is 47.9 Å². The van der Waals surface area contributed by atoms with E-state index in [2.05, 4.69) is 28.1 Å². The smallest absolute Gasteiger partial charge is 0.248 e. The quantitative estimate of drug-likeness (QED) is 0.471. The Hall–Kier alpha value is -3.45. The summed E-state index contributed by atoms with van der Waals surface area (Å²) in [7, 11) is 1.48. The third kappa shape index (κ3) is 5.36. The molecule has 2 saturated heterocycles. The summed E-state index contributed by atoms with van der Waals surface area (Å²) in [4.78, 5) is 22.5. The SMILES string of the molecule is COc1ccc(C=CC(=O)Nc2ccc3nc(N4CCC(N5CCCC5)CC4)cc(C)c3c2)c(F)c1. The van der Waals surface area contributed by atoms with E-state index >= 15 is 0 Å². The van der Waals surface area contributed by atoms with Crippen LogP contribution in [0.3, 0.4) is 0 Å². The van der Waals surface area contributed by atoms with Crippen LogP contribution in [0.2, 0.25) is 0 Å². The van der Waals surface area contributed by atoms with Crippen LogP contribution in [0.1, 0.15) is 36.8 Å². The highest BCUT2D eigenvalue weighted by Crippen LogP contribution is 2.28. The first-order valence-electron chi connectivity index (χ1n) is 12.7. The zero-order valence-electron chi connectivity index (χ0n) is 21.0. The number of aryl methyl sites for hydroxylation is 1. The molecule has 6 nitrogen and oxygen atoms in total. The molecule has 0 radical (unpaired) electrons. The van der Waals surface area contributed by atoms with E-state index in [0.29, 0.717) is 23.0 Å². The van der Waals surface area contributed by atoms with Crippen molar-refractivity contribution < 1.29 is 13.9 Å². The van der Waals surface area contributed by atoms with Crippen LogP contribution in [0.15, 0.2) is 48.5 Å². The molecular weight excluding hydrogens is 455 g/mol. The number of amides is 1. The molecule has 2 aromatic carbocycles. The van der Waals surface area contributed by atoms with Crippen molar-refractivity contribution in [1.82, 2.24) is 9.88 Å². The van der Waals surface area contributed by atoms with Gasteiger partial charge in [-0.05, 0) is 93.7 Å². The normalized spacial score (nSPS) is 17.2. The van der Waals surface area contributed by atoms with Gasteiger partial charge >= 0.3 is 0 Å². The molecule has 0 aliphatic carbocycles. The van der Waals surface area contributed by atoms with Crippen LogP contribution in [0.5, 0.6) is 5.75 Å². The number of ether oxygens (including phenoxy) is 1. The fourth-order valence-electron chi connectivity index (χ4n) is 5.30. The number of nitrogens with one attached hydrogen (secondary N) is 1. The molecule has 36 heavy (non-hydrogen) atoms. The number of nitrogens with zero attached hydrogens (tertiary/aromatic N) is 3. The molecular formula is C29H33FN4O2. The van der Waals surface area contributed by atoms with Crippen molar-refractivity contribution in [1.29, 1.82) is 0 Å². The highest BCUT2D eigenvalue weighted by Gasteiger charge is 2.27. The number of aromatic nitrogens is 1. The lowest BCUT2D eigenvalue weighted by Crippen LogP contribution is -2.44. The number of methoxy groups -OCH3 is 1. The number of hydrogen-bond donors (Lipinski definition) is 1. The summed E-state index contributed by atoms with van der Waals surface area (Å²) in [5, 5.41) is 3.88. The molecule has 2 fully saturated rings. The maximum absolute atomic E-state index is 14.1. The van der Waals surface area contributed by atoms with Crippen molar-refractivity contribution in [3.8, 4) is 5.75 Å². The molecule has 2 aliphatic rings. The monoisotopic (exact) mass is 488 g/mol. The van der Waals surface area contributed by atoms with Crippen molar-refractivity contribution in [2.45, 2.75) is 38.6 Å². The lowest BCUT2D eigenvalue weighted by Gasteiger charge is -2.37. The Labute approximate surface area is 211 Å². The van der Waals surface area contributed by atoms with E-state index < -0.39 is 5.82 Å². The summed E-state index contributed by atoms with van der Waals surface area (Å²) in [6.07, 6.45) is 7.85. The van der Waals surface area contributed by atoms with Crippen molar-refractivity contribution >= 4 is 34.4 Å². The number of pyridine rings is 1. The molecule has 5 rings (SSSR count). The second-order valence-electron chi connectivity index (χ2n) is 9.70. The van der Waals surface area contributed by atoms with Gasteiger partial charge in [0.15, 0.2) is 0 Å². The maximum Gasteiger partial charge on any atom is 0.248 e. The highest BCUT2D eigenvalue weighted by atomic mass is 19.1. The summed E-state index contributed by atoms with van der Waals surface area (Å²) in [5.41, 5.74) is 3.04. The molecule has 7 heteroatoms. The van der Waals surface area contributed by atoms with Gasteiger partial charge < -0.3 is 19.9 Å². The average molecular weight is 489 g/mol. The van der Waals surface area contributed by atoms with E-state index in [0.717, 1.165) is 35.4 Å². The molecule has 188 valence electrons. The Bertz CT molecular complexity index is 1280. The first-order chi connectivity index (χ1) is 17.5. The number of hydrogen-bond acceptors (Lipinski definition) is 5. The van der Waals surface area contributed by atoms with E-state index in [9.17, 15) is 9.18 Å². The number of benzene rings is 2. The van der Waals surface area contributed by atoms with Gasteiger partial charge in [-0.25, -0.2) is 9.37 Å². The number of carbonyl (C=O) groups is 1. The third-order valence-electron chi connectivity index (χ3n) is 7.34. The topological polar surface area (TPSA) is 57.7 Å². The minimum Gasteiger partial charge on any atom is -0.497 e. The van der Waals surface area contributed by atoms with Crippen LogP contribution in [0.25, 0.3) is 17.0 Å². The molecule has 3 aromatic rings. The van der Waals surface area contributed by atoms with E-state index in [1.165, 1.54) is 64.1 Å². The largest absolute Gasteiger partial charge is 0.497 e. The molecule has 0 unspecified atom stereocenters. The van der Waals surface area contributed by atoms with E-state index in [4.69, 9.17) is 9.72 Å². The lowest BCUT2D eigenvalue weighted by atomic mass is 10.0. The Morgan fingerprint density at radius 1 is 1.08 bits per heavy atom. The Kier molecular flexibility index (Phi) is 7.18. The first kappa shape index (κ1) is 24.3. The number of carbonyl (C=O) groups excluding carboxylic acids is 1. The molecule has 1 N–H and O–H groups in total. The van der Waals surface area contributed by atoms with Crippen molar-refractivity contribution in [3.63, 3.8) is 0 Å². The second-order valence-corrected chi connectivity index (χ2v) is 9.70.